The highest BCUT2D eigenvalue weighted by molar-refractivity contribution is 6.01. The van der Waals surface area contributed by atoms with Crippen LogP contribution >= 0.6 is 0 Å². The monoisotopic (exact) mass is 350 g/mol. The summed E-state index contributed by atoms with van der Waals surface area (Å²) < 4.78 is 14.7. The highest BCUT2D eigenvalue weighted by atomic mass is 19.1. The molecule has 2 heterocycles. The number of hydrogen-bond acceptors (Lipinski definition) is 3. The largest absolute Gasteiger partial charge is 0.361 e. The van der Waals surface area contributed by atoms with E-state index in [9.17, 15) is 14.0 Å². The second-order valence-corrected chi connectivity index (χ2v) is 6.00. The summed E-state index contributed by atoms with van der Waals surface area (Å²) in [5.74, 6) is -0.485. The molecule has 2 aromatic carbocycles. The first-order valence-electron chi connectivity index (χ1n) is 8.05. The van der Waals surface area contributed by atoms with Crippen molar-refractivity contribution in [1.29, 1.82) is 0 Å². The van der Waals surface area contributed by atoms with Gasteiger partial charge in [-0.3, -0.25) is 14.2 Å². The van der Waals surface area contributed by atoms with Gasteiger partial charge < -0.3 is 10.3 Å². The van der Waals surface area contributed by atoms with Gasteiger partial charge in [0.05, 0.1) is 16.6 Å². The Morgan fingerprint density at radius 1 is 1.23 bits per heavy atom. The molecule has 0 unspecified atom stereocenters. The standard InChI is InChI=1S/C19H15FN4O2/c1-11-22-17-6-5-12(20)9-14(17)19(26)24(11)10-18(25)23-16-4-2-3-15-13(16)7-8-21-15/h2-9,21H,10H2,1H3,(H,23,25). The molecule has 1 amide bonds. The lowest BCUT2D eigenvalue weighted by atomic mass is 10.2. The number of nitrogens with one attached hydrogen (secondary N) is 2. The van der Waals surface area contributed by atoms with Crippen molar-refractivity contribution in [2.75, 3.05) is 5.32 Å². The van der Waals surface area contributed by atoms with Crippen LogP contribution in [0.1, 0.15) is 5.82 Å². The second kappa shape index (κ2) is 6.11. The molecule has 4 rings (SSSR count). The number of aryl methyl sites for hydroxylation is 1. The number of H-pyrrole nitrogens is 1. The predicted molar refractivity (Wildman–Crippen MR) is 97.6 cm³/mol. The molecule has 2 N–H and O–H groups in total. The van der Waals surface area contributed by atoms with Gasteiger partial charge >= 0.3 is 0 Å². The molecule has 2 aromatic heterocycles. The number of benzene rings is 2. The van der Waals surface area contributed by atoms with Gasteiger partial charge in [0, 0.05) is 17.1 Å². The average molecular weight is 350 g/mol. The van der Waals surface area contributed by atoms with Crippen LogP contribution in [0.15, 0.2) is 53.5 Å². The van der Waals surface area contributed by atoms with Crippen molar-refractivity contribution in [3.63, 3.8) is 0 Å². The number of aromatic nitrogens is 3. The van der Waals surface area contributed by atoms with Gasteiger partial charge in [0.1, 0.15) is 18.2 Å². The Hall–Kier alpha value is -3.48. The molecule has 0 bridgehead atoms. The van der Waals surface area contributed by atoms with E-state index in [0.29, 0.717) is 17.0 Å². The molecule has 4 aromatic rings. The van der Waals surface area contributed by atoms with Gasteiger partial charge in [0.25, 0.3) is 5.56 Å². The summed E-state index contributed by atoms with van der Waals surface area (Å²) in [6, 6.07) is 11.2. The molecule has 0 fully saturated rings. The van der Waals surface area contributed by atoms with Crippen molar-refractivity contribution in [2.45, 2.75) is 13.5 Å². The fourth-order valence-corrected chi connectivity index (χ4v) is 3.02. The van der Waals surface area contributed by atoms with E-state index >= 15 is 0 Å². The summed E-state index contributed by atoms with van der Waals surface area (Å²) in [5, 5.41) is 3.84. The average Bonchev–Trinajstić information content (AvgIpc) is 3.09. The summed E-state index contributed by atoms with van der Waals surface area (Å²) in [6.45, 7) is 1.44. The predicted octanol–water partition coefficient (Wildman–Crippen LogP) is 2.96. The number of carbonyl (C=O) groups is 1. The van der Waals surface area contributed by atoms with Crippen molar-refractivity contribution in [2.24, 2.45) is 0 Å². The van der Waals surface area contributed by atoms with Crippen molar-refractivity contribution in [3.8, 4) is 0 Å². The molecule has 0 aliphatic rings. The first kappa shape index (κ1) is 16.0. The molecule has 26 heavy (non-hydrogen) atoms. The maximum absolute atomic E-state index is 13.5. The van der Waals surface area contributed by atoms with Gasteiger partial charge in [0.2, 0.25) is 5.91 Å². The molecular formula is C19H15FN4O2. The molecule has 130 valence electrons. The Morgan fingerprint density at radius 2 is 2.08 bits per heavy atom. The minimum atomic E-state index is -0.518. The van der Waals surface area contributed by atoms with Crippen LogP contribution in [0.3, 0.4) is 0 Å². The van der Waals surface area contributed by atoms with Crippen LogP contribution in [0.25, 0.3) is 21.8 Å². The maximum atomic E-state index is 13.5. The number of fused-ring (bicyclic) bond motifs is 2. The summed E-state index contributed by atoms with van der Waals surface area (Å²) in [6.07, 6.45) is 1.79. The second-order valence-electron chi connectivity index (χ2n) is 6.00. The summed E-state index contributed by atoms with van der Waals surface area (Å²) in [4.78, 5) is 32.5. The van der Waals surface area contributed by atoms with Gasteiger partial charge in [-0.25, -0.2) is 9.37 Å². The van der Waals surface area contributed by atoms with E-state index in [2.05, 4.69) is 15.3 Å². The number of nitrogens with zero attached hydrogens (tertiary/aromatic N) is 2. The molecule has 7 heteroatoms. The lowest BCUT2D eigenvalue weighted by molar-refractivity contribution is -0.116. The minimum Gasteiger partial charge on any atom is -0.361 e. The highest BCUT2D eigenvalue weighted by Gasteiger charge is 2.13. The van der Waals surface area contributed by atoms with Crippen LogP contribution < -0.4 is 10.9 Å². The zero-order valence-electron chi connectivity index (χ0n) is 13.9. The van der Waals surface area contributed by atoms with Gasteiger partial charge in [-0.1, -0.05) is 6.07 Å². The Labute approximate surface area is 147 Å². The van der Waals surface area contributed by atoms with Crippen molar-refractivity contribution in [1.82, 2.24) is 14.5 Å². The summed E-state index contributed by atoms with van der Waals surface area (Å²) in [7, 11) is 0. The molecule has 0 aliphatic carbocycles. The van der Waals surface area contributed by atoms with Crippen LogP contribution in [0, 0.1) is 12.7 Å². The number of amides is 1. The number of halogens is 1. The Balaban J connectivity index is 1.67. The Bertz CT molecular complexity index is 1210. The molecule has 0 atom stereocenters. The van der Waals surface area contributed by atoms with Gasteiger partial charge in [0.15, 0.2) is 0 Å². The lowest BCUT2D eigenvalue weighted by Gasteiger charge is -2.12. The number of hydrogen-bond donors (Lipinski definition) is 2. The first-order chi connectivity index (χ1) is 12.5. The third-order valence-corrected chi connectivity index (χ3v) is 4.28. The normalized spacial score (nSPS) is 11.2. The summed E-state index contributed by atoms with van der Waals surface area (Å²) in [5.41, 5.74) is 1.52. The van der Waals surface area contributed by atoms with Crippen molar-refractivity contribution >= 4 is 33.4 Å². The zero-order chi connectivity index (χ0) is 18.3. The highest BCUT2D eigenvalue weighted by Crippen LogP contribution is 2.22. The Kier molecular flexibility index (Phi) is 3.76. The summed E-state index contributed by atoms with van der Waals surface area (Å²) >= 11 is 0. The quantitative estimate of drug-likeness (QED) is 0.596. The third kappa shape index (κ3) is 2.73. The fraction of sp³-hybridized carbons (Fsp3) is 0.105. The molecular weight excluding hydrogens is 335 g/mol. The van der Waals surface area contributed by atoms with E-state index in [4.69, 9.17) is 0 Å². The van der Waals surface area contributed by atoms with E-state index < -0.39 is 11.4 Å². The number of carbonyl (C=O) groups excluding carboxylic acids is 1. The van der Waals surface area contributed by atoms with Crippen LogP contribution in [0.5, 0.6) is 0 Å². The lowest BCUT2D eigenvalue weighted by Crippen LogP contribution is -2.30. The van der Waals surface area contributed by atoms with Gasteiger partial charge in [-0.2, -0.15) is 0 Å². The molecule has 6 nitrogen and oxygen atoms in total. The van der Waals surface area contributed by atoms with E-state index in [1.54, 1.807) is 19.2 Å². The third-order valence-electron chi connectivity index (χ3n) is 4.28. The molecule has 0 radical (unpaired) electrons. The van der Waals surface area contributed by atoms with Crippen LogP contribution in [-0.4, -0.2) is 20.4 Å². The van der Waals surface area contributed by atoms with E-state index in [1.165, 1.54) is 16.7 Å². The minimum absolute atomic E-state index is 0.149. The SMILES string of the molecule is Cc1nc2ccc(F)cc2c(=O)n1CC(=O)Nc1cccc2[nH]ccc12. The van der Waals surface area contributed by atoms with E-state index in [0.717, 1.165) is 17.0 Å². The number of anilines is 1. The van der Waals surface area contributed by atoms with E-state index in [-0.39, 0.29) is 17.8 Å². The molecule has 0 saturated heterocycles. The van der Waals surface area contributed by atoms with E-state index in [1.807, 2.05) is 18.2 Å². The van der Waals surface area contributed by atoms with Gasteiger partial charge in [-0.05, 0) is 43.3 Å². The smallest absolute Gasteiger partial charge is 0.261 e. The van der Waals surface area contributed by atoms with Crippen molar-refractivity contribution < 1.29 is 9.18 Å². The fourth-order valence-electron chi connectivity index (χ4n) is 3.02. The topological polar surface area (TPSA) is 79.8 Å². The van der Waals surface area contributed by atoms with Crippen LogP contribution in [0.2, 0.25) is 0 Å². The number of rotatable bonds is 3. The molecule has 0 saturated carbocycles. The maximum Gasteiger partial charge on any atom is 0.261 e. The van der Waals surface area contributed by atoms with Crippen LogP contribution in [-0.2, 0) is 11.3 Å². The molecule has 0 spiro atoms. The van der Waals surface area contributed by atoms with Crippen LogP contribution in [0.4, 0.5) is 10.1 Å². The number of aromatic amines is 1. The molecule has 0 aliphatic heterocycles. The Morgan fingerprint density at radius 3 is 2.92 bits per heavy atom. The van der Waals surface area contributed by atoms with Crippen molar-refractivity contribution in [3.05, 3.63) is 70.7 Å². The zero-order valence-corrected chi connectivity index (χ0v) is 13.9. The first-order valence-corrected chi connectivity index (χ1v) is 8.05. The van der Waals surface area contributed by atoms with Gasteiger partial charge in [-0.15, -0.1) is 0 Å².